The minimum Gasteiger partial charge on any atom is -0.295 e. The van der Waals surface area contributed by atoms with Crippen LogP contribution in [-0.2, 0) is 6.18 Å². The third-order valence-corrected chi connectivity index (χ3v) is 8.92. The maximum Gasteiger partial charge on any atom is 0.417 e. The van der Waals surface area contributed by atoms with Crippen LogP contribution < -0.4 is 4.90 Å². The van der Waals surface area contributed by atoms with Crippen molar-refractivity contribution in [1.29, 1.82) is 0 Å². The first-order valence-electron chi connectivity index (χ1n) is 16.0. The number of halogens is 3. The molecule has 5 heteroatoms. The molecule has 0 bridgehead atoms. The van der Waals surface area contributed by atoms with Gasteiger partial charge in [0.2, 0.25) is 0 Å². The predicted octanol–water partition coefficient (Wildman–Crippen LogP) is 12.9. The fraction of sp³-hybridized carbons (Fsp3) is 0.0227. The first-order valence-corrected chi connectivity index (χ1v) is 16.0. The summed E-state index contributed by atoms with van der Waals surface area (Å²) in [7, 11) is 0. The molecule has 0 saturated carbocycles. The van der Waals surface area contributed by atoms with E-state index in [1.807, 2.05) is 53.4 Å². The van der Waals surface area contributed by atoms with E-state index in [0.717, 1.165) is 67.4 Å². The molecule has 8 rings (SSSR count). The molecule has 0 amide bonds. The van der Waals surface area contributed by atoms with Crippen LogP contribution in [0.1, 0.15) is 5.56 Å². The standard InChI is InChI=1S/C44H29F3N2/c45-44(46,47)34-24-27-41(48-29-34)49(35-16-5-2-6-17-35)36-25-22-31(23-26-36)42-37-18-7-9-20-39(37)43(40-21-10-8-19-38(40)42)33-15-11-14-32(28-33)30-12-3-1-4-13-30/h1-29H. The van der Waals surface area contributed by atoms with E-state index in [1.165, 1.54) is 17.2 Å². The molecule has 49 heavy (non-hydrogen) atoms. The fourth-order valence-corrected chi connectivity index (χ4v) is 6.69. The van der Waals surface area contributed by atoms with E-state index in [9.17, 15) is 13.2 Å². The number of anilines is 3. The number of para-hydroxylation sites is 1. The summed E-state index contributed by atoms with van der Waals surface area (Å²) in [6, 6.07) is 56.4. The second-order valence-corrected chi connectivity index (χ2v) is 11.9. The Kier molecular flexibility index (Phi) is 7.65. The Morgan fingerprint density at radius 3 is 1.45 bits per heavy atom. The van der Waals surface area contributed by atoms with Crippen molar-refractivity contribution in [3.63, 3.8) is 0 Å². The van der Waals surface area contributed by atoms with Crippen LogP contribution >= 0.6 is 0 Å². The minimum absolute atomic E-state index is 0.393. The highest BCUT2D eigenvalue weighted by Gasteiger charge is 2.31. The van der Waals surface area contributed by atoms with Crippen molar-refractivity contribution in [2.24, 2.45) is 0 Å². The lowest BCUT2D eigenvalue weighted by atomic mass is 9.85. The lowest BCUT2D eigenvalue weighted by Crippen LogP contribution is -2.13. The van der Waals surface area contributed by atoms with Gasteiger partial charge in [0.1, 0.15) is 5.82 Å². The van der Waals surface area contributed by atoms with E-state index >= 15 is 0 Å². The average Bonchev–Trinajstić information content (AvgIpc) is 3.15. The van der Waals surface area contributed by atoms with Gasteiger partial charge in [0.05, 0.1) is 5.56 Å². The van der Waals surface area contributed by atoms with E-state index in [0.29, 0.717) is 5.82 Å². The van der Waals surface area contributed by atoms with Crippen molar-refractivity contribution in [3.05, 3.63) is 182 Å². The fourth-order valence-electron chi connectivity index (χ4n) is 6.69. The van der Waals surface area contributed by atoms with Gasteiger partial charge in [-0.25, -0.2) is 4.98 Å². The van der Waals surface area contributed by atoms with Crippen LogP contribution in [0.4, 0.5) is 30.4 Å². The molecule has 0 fully saturated rings. The number of fused-ring (bicyclic) bond motifs is 2. The van der Waals surface area contributed by atoms with Gasteiger partial charge in [-0.2, -0.15) is 13.2 Å². The zero-order valence-corrected chi connectivity index (χ0v) is 26.3. The highest BCUT2D eigenvalue weighted by molar-refractivity contribution is 6.21. The normalized spacial score (nSPS) is 11.6. The van der Waals surface area contributed by atoms with Gasteiger partial charge in [-0.15, -0.1) is 0 Å². The summed E-state index contributed by atoms with van der Waals surface area (Å²) in [5.74, 6) is 0.393. The maximum atomic E-state index is 13.4. The van der Waals surface area contributed by atoms with Crippen molar-refractivity contribution < 1.29 is 13.2 Å². The van der Waals surface area contributed by atoms with Crippen LogP contribution in [0.25, 0.3) is 54.9 Å². The molecule has 0 atom stereocenters. The summed E-state index contributed by atoms with van der Waals surface area (Å²) in [4.78, 5) is 6.09. The largest absolute Gasteiger partial charge is 0.417 e. The van der Waals surface area contributed by atoms with Gasteiger partial charge < -0.3 is 0 Å². The Hall–Kier alpha value is -6.20. The van der Waals surface area contributed by atoms with Gasteiger partial charge in [0.15, 0.2) is 0 Å². The molecule has 0 saturated heterocycles. The third kappa shape index (κ3) is 5.70. The van der Waals surface area contributed by atoms with Gasteiger partial charge in [-0.1, -0.05) is 127 Å². The Labute approximate surface area is 282 Å². The summed E-state index contributed by atoms with van der Waals surface area (Å²) in [6.07, 6.45) is -3.58. The van der Waals surface area contributed by atoms with E-state index in [-0.39, 0.29) is 0 Å². The lowest BCUT2D eigenvalue weighted by Gasteiger charge is -2.25. The Bertz CT molecular complexity index is 2350. The molecule has 0 aliphatic carbocycles. The average molecular weight is 643 g/mol. The number of hydrogen-bond acceptors (Lipinski definition) is 2. The molecule has 0 aliphatic heterocycles. The van der Waals surface area contributed by atoms with Gasteiger partial charge >= 0.3 is 6.18 Å². The lowest BCUT2D eigenvalue weighted by molar-refractivity contribution is -0.137. The number of benzene rings is 7. The summed E-state index contributed by atoms with van der Waals surface area (Å²) in [5.41, 5.74) is 7.63. The number of aromatic nitrogens is 1. The number of nitrogens with zero attached hydrogens (tertiary/aromatic N) is 2. The highest BCUT2D eigenvalue weighted by Crippen LogP contribution is 2.45. The van der Waals surface area contributed by atoms with Gasteiger partial charge in [0.25, 0.3) is 0 Å². The Balaban J connectivity index is 1.27. The van der Waals surface area contributed by atoms with Crippen LogP contribution in [0.15, 0.2) is 176 Å². The maximum absolute atomic E-state index is 13.4. The Morgan fingerprint density at radius 1 is 0.408 bits per heavy atom. The molecule has 8 aromatic rings. The molecule has 236 valence electrons. The Morgan fingerprint density at radius 2 is 0.898 bits per heavy atom. The number of pyridine rings is 1. The van der Waals surface area contributed by atoms with Crippen molar-refractivity contribution in [2.45, 2.75) is 6.18 Å². The smallest absolute Gasteiger partial charge is 0.295 e. The number of rotatable bonds is 6. The summed E-state index contributed by atoms with van der Waals surface area (Å²) in [6.45, 7) is 0. The quantitative estimate of drug-likeness (QED) is 0.168. The monoisotopic (exact) mass is 642 g/mol. The predicted molar refractivity (Wildman–Crippen MR) is 195 cm³/mol. The molecule has 0 aliphatic rings. The molecule has 1 aromatic heterocycles. The van der Waals surface area contributed by atoms with Gasteiger partial charge in [-0.3, -0.25) is 4.90 Å². The molecule has 7 aromatic carbocycles. The zero-order valence-electron chi connectivity index (χ0n) is 26.3. The molecule has 0 radical (unpaired) electrons. The third-order valence-electron chi connectivity index (χ3n) is 8.92. The van der Waals surface area contributed by atoms with Crippen LogP contribution in [-0.4, -0.2) is 4.98 Å². The summed E-state index contributed by atoms with van der Waals surface area (Å²) >= 11 is 0. The van der Waals surface area contributed by atoms with Crippen LogP contribution in [0.3, 0.4) is 0 Å². The van der Waals surface area contributed by atoms with E-state index < -0.39 is 11.7 Å². The van der Waals surface area contributed by atoms with Crippen LogP contribution in [0.2, 0.25) is 0 Å². The second-order valence-electron chi connectivity index (χ2n) is 11.9. The molecule has 0 unspecified atom stereocenters. The number of hydrogen-bond donors (Lipinski definition) is 0. The summed E-state index contributed by atoms with van der Waals surface area (Å²) < 4.78 is 40.1. The molecular weight excluding hydrogens is 613 g/mol. The SMILES string of the molecule is FC(F)(F)c1ccc(N(c2ccccc2)c2ccc(-c3c4ccccc4c(-c4cccc(-c5ccccc5)c4)c4ccccc34)cc2)nc1. The van der Waals surface area contributed by atoms with Crippen LogP contribution in [0.5, 0.6) is 0 Å². The first kappa shape index (κ1) is 30.2. The molecule has 2 nitrogen and oxygen atoms in total. The van der Waals surface area contributed by atoms with Crippen LogP contribution in [0, 0.1) is 0 Å². The molecular formula is C44H29F3N2. The van der Waals surface area contributed by atoms with E-state index in [1.54, 1.807) is 0 Å². The van der Waals surface area contributed by atoms with Crippen molar-refractivity contribution in [2.75, 3.05) is 4.90 Å². The van der Waals surface area contributed by atoms with Gasteiger partial charge in [0, 0.05) is 17.6 Å². The zero-order chi connectivity index (χ0) is 33.4. The molecule has 1 heterocycles. The summed E-state index contributed by atoms with van der Waals surface area (Å²) in [5, 5.41) is 4.59. The van der Waals surface area contributed by atoms with Crippen molar-refractivity contribution in [1.82, 2.24) is 4.98 Å². The van der Waals surface area contributed by atoms with Crippen molar-refractivity contribution in [3.8, 4) is 33.4 Å². The van der Waals surface area contributed by atoms with E-state index in [2.05, 4.69) is 114 Å². The van der Waals surface area contributed by atoms with E-state index in [4.69, 9.17) is 0 Å². The van der Waals surface area contributed by atoms with Gasteiger partial charge in [-0.05, 0) is 97.4 Å². The topological polar surface area (TPSA) is 16.1 Å². The second kappa shape index (κ2) is 12.4. The first-order chi connectivity index (χ1) is 24.0. The molecule has 0 spiro atoms. The number of alkyl halides is 3. The minimum atomic E-state index is -4.46. The molecule has 0 N–H and O–H groups in total. The van der Waals surface area contributed by atoms with Crippen molar-refractivity contribution >= 4 is 38.7 Å². The highest BCUT2D eigenvalue weighted by atomic mass is 19.4.